The van der Waals surface area contributed by atoms with E-state index in [0.29, 0.717) is 6.61 Å². The quantitative estimate of drug-likeness (QED) is 0.473. The molecule has 0 radical (unpaired) electrons. The normalized spacial score (nSPS) is 14.7. The summed E-state index contributed by atoms with van der Waals surface area (Å²) in [4.78, 5) is 20.3. The van der Waals surface area contributed by atoms with Crippen LogP contribution in [0.5, 0.6) is 5.75 Å². The van der Waals surface area contributed by atoms with Crippen molar-refractivity contribution in [2.24, 2.45) is 9.98 Å². The van der Waals surface area contributed by atoms with Crippen molar-refractivity contribution >= 4 is 34.0 Å². The molecule has 0 atom stereocenters. The number of hydrogen-bond donors (Lipinski definition) is 2. The molecule has 0 fully saturated rings. The van der Waals surface area contributed by atoms with Crippen LogP contribution in [0.2, 0.25) is 0 Å². The smallest absolute Gasteiger partial charge is 0.197 e. The minimum absolute atomic E-state index is 0.652. The number of benzene rings is 1. The lowest BCUT2D eigenvalue weighted by molar-refractivity contribution is 0.312. The number of anilines is 2. The van der Waals surface area contributed by atoms with Crippen molar-refractivity contribution in [3.05, 3.63) is 53.4 Å². The topological polar surface area (TPSA) is 87.0 Å². The molecule has 2 N–H and O–H groups in total. The van der Waals surface area contributed by atoms with Gasteiger partial charge in [0.15, 0.2) is 11.1 Å². The lowest BCUT2D eigenvalue weighted by Gasteiger charge is -2.18. The lowest BCUT2D eigenvalue weighted by Crippen LogP contribution is -2.35. The van der Waals surface area contributed by atoms with Crippen molar-refractivity contribution in [2.45, 2.75) is 12.8 Å². The largest absolute Gasteiger partial charge is 0.494 e. The molecule has 0 unspecified atom stereocenters. The Morgan fingerprint density at radius 3 is 2.88 bits per heavy atom. The van der Waals surface area contributed by atoms with E-state index in [1.54, 1.807) is 11.3 Å². The highest BCUT2D eigenvalue weighted by atomic mass is 32.1. The molecule has 170 valence electrons. The maximum Gasteiger partial charge on any atom is 0.197 e. The Morgan fingerprint density at radius 2 is 2.03 bits per heavy atom. The van der Waals surface area contributed by atoms with Crippen LogP contribution in [-0.4, -0.2) is 61.5 Å². The zero-order chi connectivity index (χ0) is 22.5. The van der Waals surface area contributed by atoms with Gasteiger partial charge in [0.05, 0.1) is 24.6 Å². The molecule has 0 bridgehead atoms. The fourth-order valence-electron chi connectivity index (χ4n) is 3.54. The van der Waals surface area contributed by atoms with Crippen molar-refractivity contribution in [1.82, 2.24) is 15.3 Å². The zero-order valence-corrected chi connectivity index (χ0v) is 19.4. The number of thiazole rings is 1. The van der Waals surface area contributed by atoms with Gasteiger partial charge >= 0.3 is 0 Å². The fraction of sp³-hybridized carbons (Fsp3) is 0.333. The Kier molecular flexibility index (Phi) is 6.48. The van der Waals surface area contributed by atoms with Crippen LogP contribution in [0.3, 0.4) is 0 Å². The third kappa shape index (κ3) is 5.67. The number of hydrogen-bond acceptors (Lipinski definition) is 9. The molecule has 0 amide bonds. The van der Waals surface area contributed by atoms with E-state index in [-0.39, 0.29) is 0 Å². The van der Waals surface area contributed by atoms with Gasteiger partial charge < -0.3 is 20.3 Å². The number of guanidine groups is 1. The van der Waals surface area contributed by atoms with E-state index < -0.39 is 0 Å². The van der Waals surface area contributed by atoms with Gasteiger partial charge in [0.25, 0.3) is 0 Å². The first-order valence-electron chi connectivity index (χ1n) is 11.2. The van der Waals surface area contributed by atoms with Crippen molar-refractivity contribution in [2.75, 3.05) is 50.1 Å². The molecule has 4 heterocycles. The van der Waals surface area contributed by atoms with Gasteiger partial charge in [-0.15, -0.1) is 11.3 Å². The SMILES string of the molecule is CN(CCCOc1cccc(C2=NC2)c1)c1cccc(-c2csc(NC3=NCCCN3)n2)n1. The van der Waals surface area contributed by atoms with E-state index in [2.05, 4.69) is 49.7 Å². The average Bonchev–Trinajstić information content (AvgIpc) is 3.61. The molecule has 0 aliphatic carbocycles. The van der Waals surface area contributed by atoms with E-state index in [0.717, 1.165) is 84.3 Å². The highest BCUT2D eigenvalue weighted by Gasteiger charge is 2.13. The van der Waals surface area contributed by atoms with E-state index in [1.165, 1.54) is 0 Å². The zero-order valence-electron chi connectivity index (χ0n) is 18.6. The summed E-state index contributed by atoms with van der Waals surface area (Å²) in [6.45, 7) is 4.13. The highest BCUT2D eigenvalue weighted by Crippen LogP contribution is 2.25. The molecule has 8 nitrogen and oxygen atoms in total. The van der Waals surface area contributed by atoms with Gasteiger partial charge in [0, 0.05) is 37.6 Å². The molecule has 33 heavy (non-hydrogen) atoms. The summed E-state index contributed by atoms with van der Waals surface area (Å²) in [6, 6.07) is 14.2. The Morgan fingerprint density at radius 1 is 1.12 bits per heavy atom. The van der Waals surface area contributed by atoms with E-state index in [1.807, 2.05) is 35.7 Å². The molecule has 3 aromatic rings. The molecule has 1 aromatic carbocycles. The first-order valence-corrected chi connectivity index (χ1v) is 12.1. The Hall–Kier alpha value is -3.46. The molecule has 2 aliphatic rings. The van der Waals surface area contributed by atoms with Gasteiger partial charge in [-0.05, 0) is 37.1 Å². The first kappa shape index (κ1) is 21.4. The number of rotatable bonds is 9. The van der Waals surface area contributed by atoms with Crippen LogP contribution in [0, 0.1) is 0 Å². The Bertz CT molecular complexity index is 1170. The second-order valence-corrected chi connectivity index (χ2v) is 8.83. The molecular weight excluding hydrogens is 434 g/mol. The minimum Gasteiger partial charge on any atom is -0.494 e. The molecule has 0 saturated carbocycles. The Balaban J connectivity index is 1.14. The van der Waals surface area contributed by atoms with Gasteiger partial charge in [0.2, 0.25) is 0 Å². The third-order valence-corrected chi connectivity index (χ3v) is 6.16. The third-order valence-electron chi connectivity index (χ3n) is 5.40. The number of pyridine rings is 1. The second-order valence-electron chi connectivity index (χ2n) is 7.97. The lowest BCUT2D eigenvalue weighted by atomic mass is 10.2. The molecule has 2 aromatic heterocycles. The summed E-state index contributed by atoms with van der Waals surface area (Å²) < 4.78 is 5.94. The monoisotopic (exact) mass is 461 g/mol. The van der Waals surface area contributed by atoms with Crippen molar-refractivity contribution in [1.29, 1.82) is 0 Å². The van der Waals surface area contributed by atoms with Crippen molar-refractivity contribution < 1.29 is 4.74 Å². The Labute approximate surface area is 197 Å². The number of aliphatic imine (C=N–C) groups is 2. The molecule has 0 saturated heterocycles. The highest BCUT2D eigenvalue weighted by molar-refractivity contribution is 7.14. The summed E-state index contributed by atoms with van der Waals surface area (Å²) in [5.41, 5.74) is 4.04. The maximum absolute atomic E-state index is 5.94. The molecule has 5 rings (SSSR count). The van der Waals surface area contributed by atoms with Gasteiger partial charge in [0.1, 0.15) is 17.3 Å². The van der Waals surface area contributed by atoms with Crippen LogP contribution in [0.4, 0.5) is 10.9 Å². The predicted molar refractivity (Wildman–Crippen MR) is 135 cm³/mol. The number of nitrogens with one attached hydrogen (secondary N) is 2. The molecule has 2 aliphatic heterocycles. The summed E-state index contributed by atoms with van der Waals surface area (Å²) >= 11 is 1.55. The van der Waals surface area contributed by atoms with Gasteiger partial charge in [-0.1, -0.05) is 18.2 Å². The van der Waals surface area contributed by atoms with Crippen LogP contribution in [-0.2, 0) is 0 Å². The standard InChI is InChI=1S/C24H27N7OS/c1-31(12-5-13-32-18-7-2-6-17(14-18)20-15-27-20)22-9-3-8-19(28-22)21-16-33-24(29-21)30-23-25-10-4-11-26-23/h2-3,6-9,14,16H,4-5,10-13,15H2,1H3,(H2,25,26,29,30). The van der Waals surface area contributed by atoms with Gasteiger partial charge in [-0.3, -0.25) is 9.98 Å². The van der Waals surface area contributed by atoms with Crippen LogP contribution in [0.25, 0.3) is 11.4 Å². The van der Waals surface area contributed by atoms with E-state index >= 15 is 0 Å². The number of nitrogens with zero attached hydrogens (tertiary/aromatic N) is 5. The van der Waals surface area contributed by atoms with Crippen molar-refractivity contribution in [3.8, 4) is 17.1 Å². The first-order chi connectivity index (χ1) is 16.2. The maximum atomic E-state index is 5.94. The van der Waals surface area contributed by atoms with Gasteiger partial charge in [-0.25, -0.2) is 9.97 Å². The predicted octanol–water partition coefficient (Wildman–Crippen LogP) is 3.67. The summed E-state index contributed by atoms with van der Waals surface area (Å²) in [5.74, 6) is 2.60. The fourth-order valence-corrected chi connectivity index (χ4v) is 4.24. The molecule has 9 heteroatoms. The number of ether oxygens (including phenoxy) is 1. The molecular formula is C24H27N7OS. The van der Waals surface area contributed by atoms with E-state index in [9.17, 15) is 0 Å². The van der Waals surface area contributed by atoms with Crippen LogP contribution >= 0.6 is 11.3 Å². The second kappa shape index (κ2) is 9.99. The summed E-state index contributed by atoms with van der Waals surface area (Å²) in [7, 11) is 2.05. The number of aromatic nitrogens is 2. The van der Waals surface area contributed by atoms with Crippen LogP contribution < -0.4 is 20.3 Å². The summed E-state index contributed by atoms with van der Waals surface area (Å²) in [5, 5.41) is 9.34. The van der Waals surface area contributed by atoms with Crippen LogP contribution in [0.15, 0.2) is 57.8 Å². The minimum atomic E-state index is 0.652. The van der Waals surface area contributed by atoms with Crippen LogP contribution in [0.1, 0.15) is 18.4 Å². The van der Waals surface area contributed by atoms with Crippen molar-refractivity contribution in [3.63, 3.8) is 0 Å². The molecule has 0 spiro atoms. The van der Waals surface area contributed by atoms with Gasteiger partial charge in [-0.2, -0.15) is 0 Å². The summed E-state index contributed by atoms with van der Waals surface area (Å²) in [6.07, 6.45) is 1.96. The average molecular weight is 462 g/mol. The van der Waals surface area contributed by atoms with E-state index in [4.69, 9.17) is 9.72 Å².